The maximum Gasteiger partial charge on any atom is 0.321 e. The van der Waals surface area contributed by atoms with Gasteiger partial charge in [-0.1, -0.05) is 30.3 Å². The molecule has 0 aliphatic rings. The normalized spacial score (nSPS) is 9.90. The van der Waals surface area contributed by atoms with Gasteiger partial charge in [-0.05, 0) is 29.8 Å². The van der Waals surface area contributed by atoms with Crippen LogP contribution in [0.5, 0.6) is 5.75 Å². The van der Waals surface area contributed by atoms with E-state index in [1.165, 1.54) is 0 Å². The average molecular weight is 270 g/mol. The molecule has 0 unspecified atom stereocenters. The maximum atomic E-state index is 12.1. The molecule has 2 aromatic carbocycles. The molecule has 0 aliphatic heterocycles. The second-order valence-electron chi connectivity index (χ2n) is 4.40. The van der Waals surface area contributed by atoms with Crippen molar-refractivity contribution in [2.24, 2.45) is 0 Å². The lowest BCUT2D eigenvalue weighted by Gasteiger charge is -2.18. The smallest absolute Gasteiger partial charge is 0.321 e. The molecule has 2 amide bonds. The van der Waals surface area contributed by atoms with E-state index in [0.29, 0.717) is 6.54 Å². The van der Waals surface area contributed by atoms with Gasteiger partial charge in [0.05, 0.1) is 7.11 Å². The Hall–Kier alpha value is -2.49. The maximum absolute atomic E-state index is 12.1. The second-order valence-corrected chi connectivity index (χ2v) is 4.40. The van der Waals surface area contributed by atoms with Crippen LogP contribution in [0.25, 0.3) is 0 Å². The van der Waals surface area contributed by atoms with Crippen molar-refractivity contribution in [1.29, 1.82) is 0 Å². The molecule has 0 atom stereocenters. The zero-order chi connectivity index (χ0) is 14.4. The number of benzene rings is 2. The van der Waals surface area contributed by atoms with Gasteiger partial charge in [-0.15, -0.1) is 0 Å². The highest BCUT2D eigenvalue weighted by Gasteiger charge is 2.09. The van der Waals surface area contributed by atoms with Crippen LogP contribution in [0.2, 0.25) is 0 Å². The summed E-state index contributed by atoms with van der Waals surface area (Å²) in [6, 6.07) is 17.0. The van der Waals surface area contributed by atoms with Crippen molar-refractivity contribution in [3.63, 3.8) is 0 Å². The Bertz CT molecular complexity index is 570. The summed E-state index contributed by atoms with van der Waals surface area (Å²) in [7, 11) is 3.37. The number of rotatable bonds is 4. The van der Waals surface area contributed by atoms with Crippen molar-refractivity contribution in [2.75, 3.05) is 19.1 Å². The molecular formula is C16H18N2O2. The van der Waals surface area contributed by atoms with Crippen LogP contribution in [0, 0.1) is 0 Å². The summed E-state index contributed by atoms with van der Waals surface area (Å²) in [6.45, 7) is 0.465. The fourth-order valence-corrected chi connectivity index (χ4v) is 1.85. The molecule has 0 radical (unpaired) electrons. The number of hydrogen-bond acceptors (Lipinski definition) is 2. The molecule has 4 nitrogen and oxygen atoms in total. The van der Waals surface area contributed by atoms with Gasteiger partial charge in [0.1, 0.15) is 5.75 Å². The number of carbonyl (C=O) groups excluding carboxylic acids is 1. The highest BCUT2D eigenvalue weighted by molar-refractivity contribution is 5.91. The second kappa shape index (κ2) is 6.61. The lowest BCUT2D eigenvalue weighted by Crippen LogP contribution is -2.36. The molecular weight excluding hydrogens is 252 g/mol. The first kappa shape index (κ1) is 13.9. The molecule has 4 heteroatoms. The molecule has 0 bridgehead atoms. The minimum Gasteiger partial charge on any atom is -0.497 e. The summed E-state index contributed by atoms with van der Waals surface area (Å²) < 4.78 is 5.16. The van der Waals surface area contributed by atoms with Crippen LogP contribution < -0.4 is 15.0 Å². The number of methoxy groups -OCH3 is 1. The highest BCUT2D eigenvalue weighted by atomic mass is 16.5. The van der Waals surface area contributed by atoms with Gasteiger partial charge in [-0.2, -0.15) is 0 Å². The third-order valence-electron chi connectivity index (χ3n) is 3.03. The topological polar surface area (TPSA) is 41.6 Å². The van der Waals surface area contributed by atoms with E-state index < -0.39 is 0 Å². The summed E-state index contributed by atoms with van der Waals surface area (Å²) in [5.41, 5.74) is 1.86. The van der Waals surface area contributed by atoms with Crippen LogP contribution in [-0.2, 0) is 6.54 Å². The van der Waals surface area contributed by atoms with Gasteiger partial charge in [0.2, 0.25) is 0 Å². The van der Waals surface area contributed by atoms with Crippen molar-refractivity contribution in [3.8, 4) is 5.75 Å². The number of nitrogens with zero attached hydrogens (tertiary/aromatic N) is 1. The van der Waals surface area contributed by atoms with Crippen LogP contribution in [0.4, 0.5) is 10.5 Å². The molecule has 0 fully saturated rings. The summed E-state index contributed by atoms with van der Waals surface area (Å²) in [5.74, 6) is 0.785. The van der Waals surface area contributed by atoms with Crippen molar-refractivity contribution in [1.82, 2.24) is 5.32 Å². The molecule has 0 heterocycles. The summed E-state index contributed by atoms with van der Waals surface area (Å²) >= 11 is 0. The van der Waals surface area contributed by atoms with E-state index in [1.54, 1.807) is 19.1 Å². The number of para-hydroxylation sites is 1. The predicted octanol–water partition coefficient (Wildman–Crippen LogP) is 3.04. The van der Waals surface area contributed by atoms with E-state index in [4.69, 9.17) is 4.74 Å². The lowest BCUT2D eigenvalue weighted by molar-refractivity contribution is 0.247. The first-order valence-corrected chi connectivity index (χ1v) is 6.40. The molecule has 20 heavy (non-hydrogen) atoms. The van der Waals surface area contributed by atoms with Gasteiger partial charge in [0.25, 0.3) is 0 Å². The standard InChI is InChI=1S/C16H18N2O2/c1-18(14-8-4-3-5-9-14)16(19)17-12-13-7-6-10-15(11-13)20-2/h3-11H,12H2,1-2H3,(H,17,19). The lowest BCUT2D eigenvalue weighted by atomic mass is 10.2. The molecule has 0 aliphatic carbocycles. The van der Waals surface area contributed by atoms with Gasteiger partial charge in [-0.25, -0.2) is 4.79 Å². The van der Waals surface area contributed by atoms with Crippen LogP contribution in [-0.4, -0.2) is 20.2 Å². The Labute approximate surface area is 119 Å². The minimum atomic E-state index is -0.140. The van der Waals surface area contributed by atoms with Crippen molar-refractivity contribution < 1.29 is 9.53 Å². The largest absolute Gasteiger partial charge is 0.497 e. The Morgan fingerprint density at radius 3 is 2.60 bits per heavy atom. The Balaban J connectivity index is 1.95. The predicted molar refractivity (Wildman–Crippen MR) is 80.1 cm³/mol. The van der Waals surface area contributed by atoms with Crippen LogP contribution in [0.3, 0.4) is 0 Å². The van der Waals surface area contributed by atoms with Crippen molar-refractivity contribution in [3.05, 3.63) is 60.2 Å². The zero-order valence-electron chi connectivity index (χ0n) is 11.7. The highest BCUT2D eigenvalue weighted by Crippen LogP contribution is 2.13. The van der Waals surface area contributed by atoms with E-state index in [2.05, 4.69) is 5.32 Å². The number of amides is 2. The Morgan fingerprint density at radius 2 is 1.90 bits per heavy atom. The first-order valence-electron chi connectivity index (χ1n) is 6.40. The third-order valence-corrected chi connectivity index (χ3v) is 3.03. The first-order chi connectivity index (χ1) is 9.70. The third kappa shape index (κ3) is 3.51. The quantitative estimate of drug-likeness (QED) is 0.927. The fraction of sp³-hybridized carbons (Fsp3) is 0.188. The number of ether oxygens (including phenoxy) is 1. The average Bonchev–Trinajstić information content (AvgIpc) is 2.53. The summed E-state index contributed by atoms with van der Waals surface area (Å²) in [6.07, 6.45) is 0. The summed E-state index contributed by atoms with van der Waals surface area (Å²) in [4.78, 5) is 13.6. The van der Waals surface area contributed by atoms with E-state index in [1.807, 2.05) is 54.6 Å². The number of hydrogen-bond donors (Lipinski definition) is 1. The van der Waals surface area contributed by atoms with Gasteiger partial charge in [0.15, 0.2) is 0 Å². The minimum absolute atomic E-state index is 0.140. The zero-order valence-corrected chi connectivity index (χ0v) is 11.7. The molecule has 0 saturated heterocycles. The van der Waals surface area contributed by atoms with Crippen molar-refractivity contribution in [2.45, 2.75) is 6.54 Å². The Kier molecular flexibility index (Phi) is 4.60. The van der Waals surface area contributed by atoms with Crippen LogP contribution in [0.1, 0.15) is 5.56 Å². The van der Waals surface area contributed by atoms with Crippen LogP contribution in [0.15, 0.2) is 54.6 Å². The summed E-state index contributed by atoms with van der Waals surface area (Å²) in [5, 5.41) is 2.88. The van der Waals surface area contributed by atoms with Gasteiger partial charge in [-0.3, -0.25) is 4.90 Å². The molecule has 2 aromatic rings. The van der Waals surface area contributed by atoms with Gasteiger partial charge in [0, 0.05) is 19.3 Å². The van der Waals surface area contributed by atoms with E-state index in [-0.39, 0.29) is 6.03 Å². The van der Waals surface area contributed by atoms with Crippen LogP contribution >= 0.6 is 0 Å². The monoisotopic (exact) mass is 270 g/mol. The van der Waals surface area contributed by atoms with E-state index >= 15 is 0 Å². The molecule has 0 spiro atoms. The fourth-order valence-electron chi connectivity index (χ4n) is 1.85. The SMILES string of the molecule is COc1cccc(CNC(=O)N(C)c2ccccc2)c1. The molecule has 1 N–H and O–H groups in total. The van der Waals surface area contributed by atoms with E-state index in [0.717, 1.165) is 17.0 Å². The van der Waals surface area contributed by atoms with Gasteiger partial charge < -0.3 is 10.1 Å². The number of urea groups is 1. The number of nitrogens with one attached hydrogen (secondary N) is 1. The Morgan fingerprint density at radius 1 is 1.15 bits per heavy atom. The van der Waals surface area contributed by atoms with Crippen molar-refractivity contribution >= 4 is 11.7 Å². The molecule has 2 rings (SSSR count). The van der Waals surface area contributed by atoms with E-state index in [9.17, 15) is 4.79 Å². The molecule has 0 aromatic heterocycles. The van der Waals surface area contributed by atoms with Gasteiger partial charge >= 0.3 is 6.03 Å². The number of anilines is 1. The molecule has 0 saturated carbocycles. The molecule has 104 valence electrons. The number of carbonyl (C=O) groups is 1.